The highest BCUT2D eigenvalue weighted by atomic mass is 16.3. The summed E-state index contributed by atoms with van der Waals surface area (Å²) >= 11 is 0. The highest BCUT2D eigenvalue weighted by Crippen LogP contribution is 2.25. The normalized spacial score (nSPS) is 14.6. The fourth-order valence-corrected chi connectivity index (χ4v) is 1.29. The molecule has 1 aromatic rings. The van der Waals surface area contributed by atoms with Gasteiger partial charge in [0.15, 0.2) is 6.10 Å². The fourth-order valence-electron chi connectivity index (χ4n) is 1.29. The van der Waals surface area contributed by atoms with Gasteiger partial charge in [0.2, 0.25) is 5.91 Å². The SMILES string of the molecule is Cc1cccc(C(O)C(O)C(N)=O)c1N. The highest BCUT2D eigenvalue weighted by Gasteiger charge is 2.25. The second kappa shape index (κ2) is 4.29. The van der Waals surface area contributed by atoms with Crippen molar-refractivity contribution in [2.75, 3.05) is 5.73 Å². The zero-order valence-corrected chi connectivity index (χ0v) is 8.34. The van der Waals surface area contributed by atoms with Crippen LogP contribution in [-0.4, -0.2) is 22.2 Å². The van der Waals surface area contributed by atoms with Crippen LogP contribution in [0.2, 0.25) is 0 Å². The van der Waals surface area contributed by atoms with Crippen LogP contribution in [-0.2, 0) is 4.79 Å². The number of carbonyl (C=O) groups is 1. The van der Waals surface area contributed by atoms with E-state index in [1.54, 1.807) is 25.1 Å². The van der Waals surface area contributed by atoms with Gasteiger partial charge in [-0.25, -0.2) is 0 Å². The molecule has 1 aromatic carbocycles. The molecule has 2 unspecified atom stereocenters. The molecule has 0 saturated carbocycles. The topological polar surface area (TPSA) is 110 Å². The molecule has 5 heteroatoms. The molecule has 0 fully saturated rings. The van der Waals surface area contributed by atoms with Gasteiger partial charge in [-0.2, -0.15) is 0 Å². The highest BCUT2D eigenvalue weighted by molar-refractivity contribution is 5.79. The van der Waals surface area contributed by atoms with Gasteiger partial charge in [-0.3, -0.25) is 4.79 Å². The molecule has 82 valence electrons. The van der Waals surface area contributed by atoms with Crippen molar-refractivity contribution in [1.82, 2.24) is 0 Å². The van der Waals surface area contributed by atoms with Crippen molar-refractivity contribution < 1.29 is 15.0 Å². The molecule has 2 atom stereocenters. The largest absolute Gasteiger partial charge is 0.398 e. The molecule has 0 bridgehead atoms. The number of para-hydroxylation sites is 1. The fraction of sp³-hybridized carbons (Fsp3) is 0.300. The van der Waals surface area contributed by atoms with Gasteiger partial charge in [-0.15, -0.1) is 0 Å². The van der Waals surface area contributed by atoms with E-state index in [-0.39, 0.29) is 0 Å². The van der Waals surface area contributed by atoms with Crippen molar-refractivity contribution in [3.8, 4) is 0 Å². The first kappa shape index (κ1) is 11.5. The Morgan fingerprint density at radius 1 is 1.40 bits per heavy atom. The number of primary amides is 1. The molecular formula is C10H14N2O3. The van der Waals surface area contributed by atoms with E-state index in [9.17, 15) is 15.0 Å². The van der Waals surface area contributed by atoms with Crippen molar-refractivity contribution in [2.45, 2.75) is 19.1 Å². The average Bonchev–Trinajstić information content (AvgIpc) is 2.20. The number of anilines is 1. The predicted molar refractivity (Wildman–Crippen MR) is 55.8 cm³/mol. The summed E-state index contributed by atoms with van der Waals surface area (Å²) in [7, 11) is 0. The molecule has 0 spiro atoms. The van der Waals surface area contributed by atoms with Gasteiger partial charge in [0.1, 0.15) is 6.10 Å². The molecule has 5 nitrogen and oxygen atoms in total. The molecule has 15 heavy (non-hydrogen) atoms. The third kappa shape index (κ3) is 2.26. The van der Waals surface area contributed by atoms with Gasteiger partial charge in [0, 0.05) is 11.3 Å². The summed E-state index contributed by atoms with van der Waals surface area (Å²) in [4.78, 5) is 10.7. The van der Waals surface area contributed by atoms with Crippen LogP contribution in [0.3, 0.4) is 0 Å². The molecule has 0 aromatic heterocycles. The van der Waals surface area contributed by atoms with Crippen LogP contribution in [0, 0.1) is 6.92 Å². The lowest BCUT2D eigenvalue weighted by molar-refractivity contribution is -0.131. The van der Waals surface area contributed by atoms with Crippen LogP contribution in [0.15, 0.2) is 18.2 Å². The smallest absolute Gasteiger partial charge is 0.249 e. The Morgan fingerprint density at radius 3 is 2.53 bits per heavy atom. The lowest BCUT2D eigenvalue weighted by atomic mass is 9.99. The Hall–Kier alpha value is -1.59. The van der Waals surface area contributed by atoms with E-state index < -0.39 is 18.1 Å². The second-order valence-electron chi connectivity index (χ2n) is 3.37. The van der Waals surface area contributed by atoms with Gasteiger partial charge in [-0.05, 0) is 12.5 Å². The lowest BCUT2D eigenvalue weighted by Crippen LogP contribution is -2.34. The Morgan fingerprint density at radius 2 is 2.00 bits per heavy atom. The van der Waals surface area contributed by atoms with Crippen molar-refractivity contribution in [2.24, 2.45) is 5.73 Å². The van der Waals surface area contributed by atoms with E-state index in [1.165, 1.54) is 0 Å². The number of rotatable bonds is 3. The molecule has 0 radical (unpaired) electrons. The second-order valence-corrected chi connectivity index (χ2v) is 3.37. The molecule has 0 saturated heterocycles. The summed E-state index contributed by atoms with van der Waals surface area (Å²) < 4.78 is 0. The standard InChI is InChI=1S/C10H14N2O3/c1-5-3-2-4-6(7(5)11)8(13)9(14)10(12)15/h2-4,8-9,13-14H,11H2,1H3,(H2,12,15). The molecular weight excluding hydrogens is 196 g/mol. The Balaban J connectivity index is 3.06. The number of aryl methyl sites for hydroxylation is 1. The molecule has 1 amide bonds. The lowest BCUT2D eigenvalue weighted by Gasteiger charge is -2.17. The van der Waals surface area contributed by atoms with Crippen LogP contribution >= 0.6 is 0 Å². The third-order valence-electron chi connectivity index (χ3n) is 2.27. The summed E-state index contributed by atoms with van der Waals surface area (Å²) in [6.07, 6.45) is -3.03. The van der Waals surface area contributed by atoms with Crippen LogP contribution in [0.25, 0.3) is 0 Å². The van der Waals surface area contributed by atoms with Gasteiger partial charge in [0.25, 0.3) is 0 Å². The van der Waals surface area contributed by atoms with Crippen LogP contribution in [0.1, 0.15) is 17.2 Å². The van der Waals surface area contributed by atoms with Crippen molar-refractivity contribution in [3.63, 3.8) is 0 Å². The van der Waals surface area contributed by atoms with Crippen LogP contribution in [0.5, 0.6) is 0 Å². The minimum atomic E-state index is -1.64. The monoisotopic (exact) mass is 210 g/mol. The van der Waals surface area contributed by atoms with E-state index in [2.05, 4.69) is 0 Å². The number of nitrogen functional groups attached to an aromatic ring is 1. The Labute approximate surface area is 87.3 Å². The first-order valence-corrected chi connectivity index (χ1v) is 4.45. The first-order chi connectivity index (χ1) is 6.95. The van der Waals surface area contributed by atoms with Gasteiger partial charge < -0.3 is 21.7 Å². The Bertz CT molecular complexity index is 379. The quantitative estimate of drug-likeness (QED) is 0.502. The summed E-state index contributed by atoms with van der Waals surface area (Å²) in [5.74, 6) is -0.983. The van der Waals surface area contributed by atoms with Crippen LogP contribution in [0.4, 0.5) is 5.69 Å². The summed E-state index contributed by atoms with van der Waals surface area (Å²) in [6.45, 7) is 1.77. The number of aliphatic hydroxyl groups excluding tert-OH is 2. The van der Waals surface area contributed by atoms with E-state index in [4.69, 9.17) is 11.5 Å². The van der Waals surface area contributed by atoms with E-state index in [0.29, 0.717) is 11.3 Å². The third-order valence-corrected chi connectivity index (χ3v) is 2.27. The number of aliphatic hydroxyl groups is 2. The van der Waals surface area contributed by atoms with E-state index >= 15 is 0 Å². The molecule has 6 N–H and O–H groups in total. The maximum Gasteiger partial charge on any atom is 0.249 e. The zero-order chi connectivity index (χ0) is 11.6. The summed E-state index contributed by atoms with van der Waals surface area (Å²) in [5.41, 5.74) is 12.0. The molecule has 0 aliphatic heterocycles. The van der Waals surface area contributed by atoms with E-state index in [1.807, 2.05) is 0 Å². The average molecular weight is 210 g/mol. The van der Waals surface area contributed by atoms with Crippen molar-refractivity contribution >= 4 is 11.6 Å². The number of hydrogen-bond acceptors (Lipinski definition) is 4. The number of carbonyl (C=O) groups excluding carboxylic acids is 1. The number of nitrogens with two attached hydrogens (primary N) is 2. The maximum atomic E-state index is 10.7. The van der Waals surface area contributed by atoms with Gasteiger partial charge >= 0.3 is 0 Å². The molecule has 0 heterocycles. The first-order valence-electron chi connectivity index (χ1n) is 4.45. The minimum absolute atomic E-state index is 0.307. The zero-order valence-electron chi connectivity index (χ0n) is 8.34. The maximum absolute atomic E-state index is 10.7. The summed E-state index contributed by atoms with van der Waals surface area (Å²) in [6, 6.07) is 4.99. The number of amides is 1. The van der Waals surface area contributed by atoms with Crippen LogP contribution < -0.4 is 11.5 Å². The molecule has 0 aliphatic rings. The minimum Gasteiger partial charge on any atom is -0.398 e. The van der Waals surface area contributed by atoms with Crippen molar-refractivity contribution in [3.05, 3.63) is 29.3 Å². The number of benzene rings is 1. The van der Waals surface area contributed by atoms with Gasteiger partial charge in [-0.1, -0.05) is 18.2 Å². The van der Waals surface area contributed by atoms with Gasteiger partial charge in [0.05, 0.1) is 0 Å². The van der Waals surface area contributed by atoms with Crippen molar-refractivity contribution in [1.29, 1.82) is 0 Å². The molecule has 1 rings (SSSR count). The Kier molecular flexibility index (Phi) is 3.28. The van der Waals surface area contributed by atoms with E-state index in [0.717, 1.165) is 5.56 Å². The number of hydrogen-bond donors (Lipinski definition) is 4. The summed E-state index contributed by atoms with van der Waals surface area (Å²) in [5, 5.41) is 18.9. The predicted octanol–water partition coefficient (Wildman–Crippen LogP) is -0.543. The molecule has 0 aliphatic carbocycles.